The molecular weight excluding hydrogens is 343 g/mol. The second kappa shape index (κ2) is 7.53. The first-order valence-electron chi connectivity index (χ1n) is 8.91. The molecule has 1 atom stereocenters. The molecule has 1 aliphatic rings. The van der Waals surface area contributed by atoms with Gasteiger partial charge in [-0.3, -0.25) is 9.78 Å². The second-order valence-electron chi connectivity index (χ2n) is 6.47. The van der Waals surface area contributed by atoms with Crippen molar-refractivity contribution in [1.82, 2.24) is 9.97 Å². The van der Waals surface area contributed by atoms with Crippen molar-refractivity contribution in [3.8, 4) is 0 Å². The molecule has 0 radical (unpaired) electrons. The topological polar surface area (TPSA) is 58.1 Å². The maximum absolute atomic E-state index is 13.0. The molecule has 136 valence electrons. The van der Waals surface area contributed by atoms with E-state index in [2.05, 4.69) is 20.2 Å². The molecule has 1 unspecified atom stereocenters. The fourth-order valence-electron chi connectivity index (χ4n) is 3.35. The van der Waals surface area contributed by atoms with Crippen LogP contribution in [0.2, 0.25) is 0 Å². The predicted octanol–water partition coefficient (Wildman–Crippen LogP) is 4.21. The van der Waals surface area contributed by atoms with Crippen LogP contribution < -0.4 is 10.2 Å². The van der Waals surface area contributed by atoms with Gasteiger partial charge in [-0.2, -0.15) is 0 Å². The summed E-state index contributed by atoms with van der Waals surface area (Å²) in [6.45, 7) is 0.912. The van der Waals surface area contributed by atoms with Gasteiger partial charge in [-0.25, -0.2) is 9.37 Å². The molecule has 4 rings (SSSR count). The van der Waals surface area contributed by atoms with Gasteiger partial charge in [0.25, 0.3) is 5.91 Å². The molecule has 0 spiro atoms. The number of carbonyl (C=O) groups is 1. The molecule has 1 aromatic carbocycles. The number of rotatable bonds is 4. The van der Waals surface area contributed by atoms with E-state index >= 15 is 0 Å². The minimum atomic E-state index is -0.341. The van der Waals surface area contributed by atoms with Crippen molar-refractivity contribution < 1.29 is 9.18 Å². The van der Waals surface area contributed by atoms with Gasteiger partial charge in [-0.15, -0.1) is 0 Å². The van der Waals surface area contributed by atoms with Crippen molar-refractivity contribution in [3.05, 3.63) is 84.1 Å². The molecule has 1 amide bonds. The molecule has 1 saturated heterocycles. The van der Waals surface area contributed by atoms with Gasteiger partial charge in [0, 0.05) is 24.6 Å². The van der Waals surface area contributed by atoms with Gasteiger partial charge in [0.05, 0.1) is 17.3 Å². The first kappa shape index (κ1) is 17.1. The minimum Gasteiger partial charge on any atom is -0.348 e. The number of hydrogen-bond donors (Lipinski definition) is 1. The molecule has 0 saturated carbocycles. The predicted molar refractivity (Wildman–Crippen MR) is 102 cm³/mol. The smallest absolute Gasteiger partial charge is 0.257 e. The summed E-state index contributed by atoms with van der Waals surface area (Å²) in [4.78, 5) is 23.5. The molecule has 3 heterocycles. The lowest BCUT2D eigenvalue weighted by Gasteiger charge is -2.25. The largest absolute Gasteiger partial charge is 0.348 e. The second-order valence-corrected chi connectivity index (χ2v) is 6.47. The van der Waals surface area contributed by atoms with Gasteiger partial charge in [0.2, 0.25) is 0 Å². The Morgan fingerprint density at radius 3 is 2.63 bits per heavy atom. The van der Waals surface area contributed by atoms with Crippen molar-refractivity contribution in [2.24, 2.45) is 0 Å². The fraction of sp³-hybridized carbons (Fsp3) is 0.190. The number of amides is 1. The van der Waals surface area contributed by atoms with E-state index in [9.17, 15) is 9.18 Å². The summed E-state index contributed by atoms with van der Waals surface area (Å²) >= 11 is 0. The number of nitrogens with zero attached hydrogens (tertiary/aromatic N) is 3. The van der Waals surface area contributed by atoms with Crippen LogP contribution in [0.15, 0.2) is 67.0 Å². The summed E-state index contributed by atoms with van der Waals surface area (Å²) in [5.41, 5.74) is 2.03. The highest BCUT2D eigenvalue weighted by Gasteiger charge is 2.28. The Morgan fingerprint density at radius 1 is 1.07 bits per heavy atom. The van der Waals surface area contributed by atoms with Gasteiger partial charge in [0.1, 0.15) is 11.6 Å². The van der Waals surface area contributed by atoms with Gasteiger partial charge in [-0.05, 0) is 61.4 Å². The van der Waals surface area contributed by atoms with Crippen molar-refractivity contribution in [2.75, 3.05) is 16.8 Å². The first-order valence-corrected chi connectivity index (χ1v) is 8.91. The van der Waals surface area contributed by atoms with Crippen molar-refractivity contribution >= 4 is 17.4 Å². The monoisotopic (exact) mass is 362 g/mol. The van der Waals surface area contributed by atoms with Crippen molar-refractivity contribution in [1.29, 1.82) is 0 Å². The Labute approximate surface area is 156 Å². The normalized spacial score (nSPS) is 16.3. The average molecular weight is 362 g/mol. The van der Waals surface area contributed by atoms with Crippen LogP contribution in [0.25, 0.3) is 0 Å². The molecule has 1 aliphatic heterocycles. The maximum Gasteiger partial charge on any atom is 0.257 e. The Bertz CT molecular complexity index is 913. The van der Waals surface area contributed by atoms with Crippen LogP contribution in [0.4, 0.5) is 15.9 Å². The molecule has 5 nitrogen and oxygen atoms in total. The number of benzene rings is 1. The van der Waals surface area contributed by atoms with E-state index in [0.717, 1.165) is 30.9 Å². The third-order valence-corrected chi connectivity index (χ3v) is 4.69. The maximum atomic E-state index is 13.0. The standard InChI is InChI=1S/C21H19FN4O/c22-16-7-9-17(10-8-16)25-21(27)15-6-11-20(24-14-15)26-13-3-5-19(26)18-4-1-2-12-23-18/h1-2,4,6-12,14,19H,3,5,13H2,(H,25,27). The van der Waals surface area contributed by atoms with E-state index in [-0.39, 0.29) is 17.8 Å². The van der Waals surface area contributed by atoms with Crippen molar-refractivity contribution in [2.45, 2.75) is 18.9 Å². The minimum absolute atomic E-state index is 0.206. The summed E-state index contributed by atoms with van der Waals surface area (Å²) < 4.78 is 13.0. The van der Waals surface area contributed by atoms with E-state index in [4.69, 9.17) is 0 Å². The summed E-state index contributed by atoms with van der Waals surface area (Å²) in [5.74, 6) is 0.219. The third kappa shape index (κ3) is 3.79. The quantitative estimate of drug-likeness (QED) is 0.755. The van der Waals surface area contributed by atoms with Crippen LogP contribution in [-0.2, 0) is 0 Å². The molecule has 1 N–H and O–H groups in total. The Balaban J connectivity index is 1.48. The molecule has 27 heavy (non-hydrogen) atoms. The summed E-state index contributed by atoms with van der Waals surface area (Å²) in [6.07, 6.45) is 5.49. The Kier molecular flexibility index (Phi) is 4.78. The number of anilines is 2. The highest BCUT2D eigenvalue weighted by atomic mass is 19.1. The number of hydrogen-bond acceptors (Lipinski definition) is 4. The molecule has 6 heteroatoms. The van der Waals surface area contributed by atoms with Crippen LogP contribution >= 0.6 is 0 Å². The fourth-order valence-corrected chi connectivity index (χ4v) is 3.35. The molecule has 1 fully saturated rings. The lowest BCUT2D eigenvalue weighted by Crippen LogP contribution is -2.24. The zero-order valence-electron chi connectivity index (χ0n) is 14.7. The van der Waals surface area contributed by atoms with Gasteiger partial charge in [-0.1, -0.05) is 6.07 Å². The van der Waals surface area contributed by atoms with E-state index in [1.165, 1.54) is 24.3 Å². The van der Waals surface area contributed by atoms with E-state index in [1.807, 2.05) is 30.5 Å². The van der Waals surface area contributed by atoms with Gasteiger partial charge >= 0.3 is 0 Å². The third-order valence-electron chi connectivity index (χ3n) is 4.69. The highest BCUT2D eigenvalue weighted by Crippen LogP contribution is 2.34. The number of nitrogens with one attached hydrogen (secondary N) is 1. The van der Waals surface area contributed by atoms with Crippen LogP contribution in [0.1, 0.15) is 34.9 Å². The molecule has 0 aliphatic carbocycles. The van der Waals surface area contributed by atoms with E-state index < -0.39 is 0 Å². The first-order chi connectivity index (χ1) is 13.2. The number of aromatic nitrogens is 2. The van der Waals surface area contributed by atoms with Crippen LogP contribution in [0, 0.1) is 5.82 Å². The van der Waals surface area contributed by atoms with Crippen LogP contribution in [0.5, 0.6) is 0 Å². The number of carbonyl (C=O) groups excluding carboxylic acids is 1. The van der Waals surface area contributed by atoms with E-state index in [0.29, 0.717) is 11.3 Å². The molecule has 2 aromatic heterocycles. The van der Waals surface area contributed by atoms with Crippen LogP contribution in [-0.4, -0.2) is 22.4 Å². The van der Waals surface area contributed by atoms with Crippen molar-refractivity contribution in [3.63, 3.8) is 0 Å². The number of pyridine rings is 2. The summed E-state index contributed by atoms with van der Waals surface area (Å²) in [5, 5.41) is 2.74. The zero-order valence-corrected chi connectivity index (χ0v) is 14.7. The Hall–Kier alpha value is -3.28. The number of halogens is 1. The van der Waals surface area contributed by atoms with E-state index in [1.54, 1.807) is 12.3 Å². The molecule has 0 bridgehead atoms. The molecular formula is C21H19FN4O. The average Bonchev–Trinajstić information content (AvgIpc) is 3.20. The van der Waals surface area contributed by atoms with Gasteiger partial charge < -0.3 is 10.2 Å². The van der Waals surface area contributed by atoms with Gasteiger partial charge in [0.15, 0.2) is 0 Å². The lowest BCUT2D eigenvalue weighted by molar-refractivity contribution is 0.102. The lowest BCUT2D eigenvalue weighted by atomic mass is 10.1. The SMILES string of the molecule is O=C(Nc1ccc(F)cc1)c1ccc(N2CCCC2c2ccccn2)nc1. The Morgan fingerprint density at radius 2 is 1.93 bits per heavy atom. The molecule has 3 aromatic rings. The zero-order chi connectivity index (χ0) is 18.6. The summed E-state index contributed by atoms with van der Waals surface area (Å²) in [7, 11) is 0. The summed E-state index contributed by atoms with van der Waals surface area (Å²) in [6, 6.07) is 15.4. The highest BCUT2D eigenvalue weighted by molar-refractivity contribution is 6.04. The van der Waals surface area contributed by atoms with Crippen LogP contribution in [0.3, 0.4) is 0 Å².